The Hall–Kier alpha value is -2.16. The number of nitrogens with one attached hydrogen (secondary N) is 1. The summed E-state index contributed by atoms with van der Waals surface area (Å²) < 4.78 is 2.56. The van der Waals surface area contributed by atoms with E-state index in [1.54, 1.807) is 12.1 Å². The van der Waals surface area contributed by atoms with Crippen LogP contribution in [0.3, 0.4) is 0 Å². The van der Waals surface area contributed by atoms with Crippen molar-refractivity contribution in [3.8, 4) is 5.69 Å². The van der Waals surface area contributed by atoms with Crippen LogP contribution in [-0.2, 0) is 11.2 Å². The van der Waals surface area contributed by atoms with Gasteiger partial charge in [0.25, 0.3) is 0 Å². The Labute approximate surface area is 176 Å². The number of amides is 1. The number of hydrogen-bond acceptors (Lipinski definition) is 6. The number of thioether (sulfide) groups is 1. The smallest absolute Gasteiger partial charge is 0.216 e. The lowest BCUT2D eigenvalue weighted by Gasteiger charge is -2.10. The Balaban J connectivity index is 1.74. The molecule has 0 saturated carbocycles. The summed E-state index contributed by atoms with van der Waals surface area (Å²) >= 11 is 8.55. The van der Waals surface area contributed by atoms with Gasteiger partial charge in [-0.25, -0.2) is 0 Å². The van der Waals surface area contributed by atoms with Gasteiger partial charge in [0.05, 0.1) is 15.0 Å². The first-order chi connectivity index (χ1) is 13.5. The number of rotatable bonds is 9. The van der Waals surface area contributed by atoms with Gasteiger partial charge in [0, 0.05) is 25.6 Å². The van der Waals surface area contributed by atoms with Crippen LogP contribution in [0.1, 0.15) is 28.8 Å². The lowest BCUT2D eigenvalue weighted by Crippen LogP contribution is -2.21. The second-order valence-electron chi connectivity index (χ2n) is 5.97. The Morgan fingerprint density at radius 1 is 1.18 bits per heavy atom. The molecule has 146 valence electrons. The molecule has 1 N–H and O–H groups in total. The third-order valence-corrected chi connectivity index (χ3v) is 6.05. The summed E-state index contributed by atoms with van der Waals surface area (Å²) in [7, 11) is 0. The number of aromatic nitrogens is 3. The van der Waals surface area contributed by atoms with Crippen LogP contribution >= 0.6 is 34.7 Å². The Morgan fingerprint density at radius 3 is 2.64 bits per heavy atom. The zero-order valence-corrected chi connectivity index (χ0v) is 17.6. The summed E-state index contributed by atoms with van der Waals surface area (Å²) in [5.41, 5.74) is 0.941. The standard InChI is InChI=1S/C19H19ClN4O2S2/c1-13(25)21-11-5-8-18-22-23-19(24(18)14-6-3-2-4-7-14)27-12-15(26)16-9-10-17(20)28-16/h2-4,6-7,9-10H,5,8,11-12H2,1H3,(H,21,25). The highest BCUT2D eigenvalue weighted by Gasteiger charge is 2.17. The number of thiophene rings is 1. The van der Waals surface area contributed by atoms with Gasteiger partial charge in [-0.2, -0.15) is 0 Å². The second-order valence-corrected chi connectivity index (χ2v) is 8.63. The predicted molar refractivity (Wildman–Crippen MR) is 113 cm³/mol. The second kappa shape index (κ2) is 9.86. The van der Waals surface area contributed by atoms with Crippen molar-refractivity contribution in [1.82, 2.24) is 20.1 Å². The Bertz CT molecular complexity index is 956. The Kier molecular flexibility index (Phi) is 7.24. The fourth-order valence-corrected chi connectivity index (χ4v) is 4.49. The summed E-state index contributed by atoms with van der Waals surface area (Å²) in [5.74, 6) is 1.02. The molecule has 0 bridgehead atoms. The van der Waals surface area contributed by atoms with Crippen LogP contribution in [0.2, 0.25) is 4.34 Å². The van der Waals surface area contributed by atoms with E-state index in [0.717, 1.165) is 17.9 Å². The number of benzene rings is 1. The van der Waals surface area contributed by atoms with Crippen LogP contribution in [0.5, 0.6) is 0 Å². The minimum absolute atomic E-state index is 0.0109. The molecule has 3 rings (SSSR count). The van der Waals surface area contributed by atoms with Crippen LogP contribution in [-0.4, -0.2) is 38.8 Å². The molecule has 1 aromatic carbocycles. The molecule has 0 atom stereocenters. The fraction of sp³-hybridized carbons (Fsp3) is 0.263. The third kappa shape index (κ3) is 5.43. The fourth-order valence-electron chi connectivity index (χ4n) is 2.57. The molecule has 1 amide bonds. The number of Topliss-reactive ketones (excluding diaryl/α,β-unsaturated/α-hetero) is 1. The zero-order valence-electron chi connectivity index (χ0n) is 15.2. The molecule has 0 saturated heterocycles. The molecule has 0 radical (unpaired) electrons. The number of carbonyl (C=O) groups excluding carboxylic acids is 2. The normalized spacial score (nSPS) is 10.8. The molecule has 0 aliphatic rings. The first-order valence-electron chi connectivity index (χ1n) is 8.70. The van der Waals surface area contributed by atoms with Crippen molar-refractivity contribution in [3.05, 3.63) is 57.5 Å². The highest BCUT2D eigenvalue weighted by Crippen LogP contribution is 2.26. The maximum absolute atomic E-state index is 12.4. The van der Waals surface area contributed by atoms with Crippen LogP contribution in [0.15, 0.2) is 47.6 Å². The van der Waals surface area contributed by atoms with E-state index in [2.05, 4.69) is 15.5 Å². The van der Waals surface area contributed by atoms with E-state index in [4.69, 9.17) is 11.6 Å². The molecule has 6 nitrogen and oxygen atoms in total. The monoisotopic (exact) mass is 434 g/mol. The number of hydrogen-bond donors (Lipinski definition) is 1. The molecule has 3 aromatic rings. The van der Waals surface area contributed by atoms with Gasteiger partial charge in [-0.1, -0.05) is 41.6 Å². The number of ketones is 1. The molecule has 0 aliphatic heterocycles. The topological polar surface area (TPSA) is 76.9 Å². The van der Waals surface area contributed by atoms with Gasteiger partial charge in [-0.3, -0.25) is 14.2 Å². The predicted octanol–water partition coefficient (Wildman–Crippen LogP) is 4.03. The van der Waals surface area contributed by atoms with Crippen molar-refractivity contribution in [2.45, 2.75) is 24.9 Å². The van der Waals surface area contributed by atoms with Gasteiger partial charge in [0.15, 0.2) is 10.9 Å². The molecule has 9 heteroatoms. The van der Waals surface area contributed by atoms with Crippen LogP contribution in [0.4, 0.5) is 0 Å². The first-order valence-corrected chi connectivity index (χ1v) is 10.9. The third-order valence-electron chi connectivity index (χ3n) is 3.85. The van der Waals surface area contributed by atoms with E-state index in [0.29, 0.717) is 27.3 Å². The van der Waals surface area contributed by atoms with Gasteiger partial charge in [-0.15, -0.1) is 21.5 Å². The number of aryl methyl sites for hydroxylation is 1. The SMILES string of the molecule is CC(=O)NCCCc1nnc(SCC(=O)c2ccc(Cl)s2)n1-c1ccccc1. The minimum atomic E-state index is -0.0482. The van der Waals surface area contributed by atoms with Crippen molar-refractivity contribution in [2.75, 3.05) is 12.3 Å². The molecule has 2 aromatic heterocycles. The van der Waals surface area contributed by atoms with Crippen LogP contribution in [0, 0.1) is 0 Å². The van der Waals surface area contributed by atoms with E-state index < -0.39 is 0 Å². The number of para-hydroxylation sites is 1. The van der Waals surface area contributed by atoms with E-state index in [1.165, 1.54) is 30.0 Å². The van der Waals surface area contributed by atoms with E-state index in [9.17, 15) is 9.59 Å². The van der Waals surface area contributed by atoms with Crippen molar-refractivity contribution in [3.63, 3.8) is 0 Å². The van der Waals surface area contributed by atoms with Gasteiger partial charge < -0.3 is 5.32 Å². The molecule has 2 heterocycles. The van der Waals surface area contributed by atoms with Gasteiger partial charge in [0.2, 0.25) is 5.91 Å². The van der Waals surface area contributed by atoms with Gasteiger partial charge in [0.1, 0.15) is 5.82 Å². The Morgan fingerprint density at radius 2 is 1.96 bits per heavy atom. The molecule has 0 spiro atoms. The summed E-state index contributed by atoms with van der Waals surface area (Å²) in [6.07, 6.45) is 1.42. The largest absolute Gasteiger partial charge is 0.356 e. The first kappa shape index (κ1) is 20.6. The number of halogens is 1. The van der Waals surface area contributed by atoms with Crippen molar-refractivity contribution < 1.29 is 9.59 Å². The quantitative estimate of drug-likeness (QED) is 0.312. The number of nitrogens with zero attached hydrogens (tertiary/aromatic N) is 3. The molecule has 0 aliphatic carbocycles. The zero-order chi connectivity index (χ0) is 19.9. The lowest BCUT2D eigenvalue weighted by atomic mass is 10.2. The summed E-state index contributed by atoms with van der Waals surface area (Å²) in [4.78, 5) is 24.1. The van der Waals surface area contributed by atoms with Crippen LogP contribution in [0.25, 0.3) is 5.69 Å². The minimum Gasteiger partial charge on any atom is -0.356 e. The number of carbonyl (C=O) groups is 2. The highest BCUT2D eigenvalue weighted by molar-refractivity contribution is 7.99. The maximum Gasteiger partial charge on any atom is 0.216 e. The van der Waals surface area contributed by atoms with Gasteiger partial charge in [-0.05, 0) is 30.7 Å². The summed E-state index contributed by atoms with van der Waals surface area (Å²) in [6, 6.07) is 13.3. The molecule has 0 fully saturated rings. The van der Waals surface area contributed by atoms with Gasteiger partial charge >= 0.3 is 0 Å². The summed E-state index contributed by atoms with van der Waals surface area (Å²) in [6.45, 7) is 2.08. The highest BCUT2D eigenvalue weighted by atomic mass is 35.5. The molecular weight excluding hydrogens is 416 g/mol. The average molecular weight is 435 g/mol. The van der Waals surface area contributed by atoms with Crippen molar-refractivity contribution in [2.24, 2.45) is 0 Å². The maximum atomic E-state index is 12.4. The lowest BCUT2D eigenvalue weighted by molar-refractivity contribution is -0.118. The van der Waals surface area contributed by atoms with E-state index in [-0.39, 0.29) is 17.4 Å². The van der Waals surface area contributed by atoms with Crippen molar-refractivity contribution in [1.29, 1.82) is 0 Å². The average Bonchev–Trinajstić information content (AvgIpc) is 3.30. The van der Waals surface area contributed by atoms with E-state index in [1.807, 2.05) is 34.9 Å². The van der Waals surface area contributed by atoms with Crippen LogP contribution < -0.4 is 5.32 Å². The molecular formula is C19H19ClN4O2S2. The molecule has 0 unspecified atom stereocenters. The van der Waals surface area contributed by atoms with Crippen molar-refractivity contribution >= 4 is 46.4 Å². The molecule has 28 heavy (non-hydrogen) atoms. The van der Waals surface area contributed by atoms with E-state index >= 15 is 0 Å². The summed E-state index contributed by atoms with van der Waals surface area (Å²) in [5, 5.41) is 12.1.